The molecule has 0 N–H and O–H groups in total. The van der Waals surface area contributed by atoms with Crippen molar-refractivity contribution in [2.45, 2.75) is 0 Å². The standard InChI is InChI=1S/C20H10F3N3O3/c21-10-3-5-11(6-4-10)26-20(27)12-2-1-7-24-17(12)18(25-26)13-8-14-15(22)16(23)19(13)29-9-28-14/h1-8H,9H2. The van der Waals surface area contributed by atoms with Crippen LogP contribution in [0, 0.1) is 17.5 Å². The van der Waals surface area contributed by atoms with Gasteiger partial charge in [0.15, 0.2) is 11.5 Å². The molecule has 0 saturated heterocycles. The lowest BCUT2D eigenvalue weighted by molar-refractivity contribution is 0.123. The van der Waals surface area contributed by atoms with Crippen molar-refractivity contribution in [2.24, 2.45) is 0 Å². The predicted molar refractivity (Wildman–Crippen MR) is 96.6 cm³/mol. The van der Waals surface area contributed by atoms with E-state index in [2.05, 4.69) is 10.1 Å². The first kappa shape index (κ1) is 17.2. The van der Waals surface area contributed by atoms with Crippen molar-refractivity contribution < 1.29 is 22.6 Å². The Morgan fingerprint density at radius 3 is 2.59 bits per heavy atom. The number of benzene rings is 2. The van der Waals surface area contributed by atoms with Crippen LogP contribution in [0.2, 0.25) is 0 Å². The lowest BCUT2D eigenvalue weighted by Crippen LogP contribution is -2.22. The summed E-state index contributed by atoms with van der Waals surface area (Å²) in [5, 5.41) is 4.51. The zero-order valence-corrected chi connectivity index (χ0v) is 14.5. The number of pyridine rings is 1. The minimum atomic E-state index is -1.22. The Labute approximate surface area is 160 Å². The summed E-state index contributed by atoms with van der Waals surface area (Å²) in [6.07, 6.45) is 1.45. The van der Waals surface area contributed by atoms with Gasteiger partial charge in [-0.1, -0.05) is 0 Å². The van der Waals surface area contributed by atoms with Crippen molar-refractivity contribution in [3.05, 3.63) is 76.5 Å². The first-order valence-corrected chi connectivity index (χ1v) is 8.46. The molecule has 29 heavy (non-hydrogen) atoms. The third-order valence-electron chi connectivity index (χ3n) is 4.53. The van der Waals surface area contributed by atoms with Crippen LogP contribution >= 0.6 is 0 Å². The minimum absolute atomic E-state index is 0.0796. The molecule has 6 nitrogen and oxygen atoms in total. The maximum atomic E-state index is 14.5. The Hall–Kier alpha value is -3.88. The molecule has 0 amide bonds. The molecule has 2 bridgehead atoms. The van der Waals surface area contributed by atoms with E-state index in [0.717, 1.165) is 4.68 Å². The van der Waals surface area contributed by atoms with Gasteiger partial charge in [-0.25, -0.2) is 4.39 Å². The highest BCUT2D eigenvalue weighted by Gasteiger charge is 2.28. The second-order valence-electron chi connectivity index (χ2n) is 6.23. The van der Waals surface area contributed by atoms with Crippen LogP contribution in [0.1, 0.15) is 0 Å². The maximum absolute atomic E-state index is 14.5. The number of fused-ring (bicyclic) bond motifs is 5. The van der Waals surface area contributed by atoms with Gasteiger partial charge in [-0.15, -0.1) is 0 Å². The number of hydrogen-bond donors (Lipinski definition) is 0. The van der Waals surface area contributed by atoms with E-state index in [1.807, 2.05) is 0 Å². The molecule has 0 fully saturated rings. The van der Waals surface area contributed by atoms with Crippen molar-refractivity contribution in [2.75, 3.05) is 6.79 Å². The summed E-state index contributed by atoms with van der Waals surface area (Å²) in [6, 6.07) is 9.48. The molecule has 6 rings (SSSR count). The highest BCUT2D eigenvalue weighted by atomic mass is 19.2. The van der Waals surface area contributed by atoms with Crippen LogP contribution in [-0.4, -0.2) is 21.6 Å². The van der Waals surface area contributed by atoms with Crippen LogP contribution in [0.3, 0.4) is 0 Å². The Bertz CT molecular complexity index is 1340. The summed E-state index contributed by atoms with van der Waals surface area (Å²) >= 11 is 0. The van der Waals surface area contributed by atoms with E-state index in [0.29, 0.717) is 5.69 Å². The first-order chi connectivity index (χ1) is 14.0. The number of hydrogen-bond acceptors (Lipinski definition) is 5. The molecule has 0 unspecified atom stereocenters. The highest BCUT2D eigenvalue weighted by molar-refractivity contribution is 5.92. The lowest BCUT2D eigenvalue weighted by atomic mass is 10.1. The van der Waals surface area contributed by atoms with Gasteiger partial charge in [-0.3, -0.25) is 9.78 Å². The van der Waals surface area contributed by atoms with E-state index in [1.165, 1.54) is 42.6 Å². The van der Waals surface area contributed by atoms with Crippen LogP contribution in [0.15, 0.2) is 53.5 Å². The SMILES string of the molecule is O=c1c2cccnc2c(-c2cc3c(F)c(F)c2OCO3)nn1-c1ccc(F)cc1. The summed E-state index contributed by atoms with van der Waals surface area (Å²) < 4.78 is 53.1. The minimum Gasteiger partial charge on any atom is -0.454 e. The molecule has 9 heteroatoms. The fraction of sp³-hybridized carbons (Fsp3) is 0.0500. The summed E-state index contributed by atoms with van der Waals surface area (Å²) in [7, 11) is 0. The Morgan fingerprint density at radius 1 is 1.00 bits per heavy atom. The average molecular weight is 397 g/mol. The van der Waals surface area contributed by atoms with Gasteiger partial charge in [-0.05, 0) is 42.5 Å². The topological polar surface area (TPSA) is 66.2 Å². The molecular weight excluding hydrogens is 387 g/mol. The van der Waals surface area contributed by atoms with Crippen molar-refractivity contribution in [1.82, 2.24) is 14.8 Å². The van der Waals surface area contributed by atoms with E-state index in [9.17, 15) is 18.0 Å². The molecule has 0 spiro atoms. The van der Waals surface area contributed by atoms with Gasteiger partial charge in [0.05, 0.1) is 16.6 Å². The zero-order chi connectivity index (χ0) is 20.1. The fourth-order valence-electron chi connectivity index (χ4n) is 3.17. The summed E-state index contributed by atoms with van der Waals surface area (Å²) in [6.45, 7) is -0.380. The molecule has 4 heterocycles. The summed E-state index contributed by atoms with van der Waals surface area (Å²) in [5.74, 6) is -3.61. The lowest BCUT2D eigenvalue weighted by Gasteiger charge is -2.12. The monoisotopic (exact) mass is 397 g/mol. The van der Waals surface area contributed by atoms with Gasteiger partial charge >= 0.3 is 0 Å². The normalized spacial score (nSPS) is 12.5. The fourth-order valence-corrected chi connectivity index (χ4v) is 3.17. The maximum Gasteiger partial charge on any atom is 0.280 e. The number of rotatable bonds is 2. The van der Waals surface area contributed by atoms with Crippen LogP contribution in [0.25, 0.3) is 27.8 Å². The van der Waals surface area contributed by atoms with Gasteiger partial charge in [0.2, 0.25) is 18.4 Å². The highest BCUT2D eigenvalue weighted by Crippen LogP contribution is 2.41. The second-order valence-corrected chi connectivity index (χ2v) is 6.23. The third kappa shape index (κ3) is 2.62. The number of ether oxygens (including phenoxy) is 2. The average Bonchev–Trinajstić information content (AvgIpc) is 3.03. The molecule has 2 aromatic heterocycles. The molecule has 0 saturated carbocycles. The summed E-state index contributed by atoms with van der Waals surface area (Å²) in [5.41, 5.74) is 0.139. The van der Waals surface area contributed by atoms with Crippen LogP contribution < -0.4 is 15.0 Å². The first-order valence-electron chi connectivity index (χ1n) is 8.46. The molecule has 4 aromatic rings. The van der Waals surface area contributed by atoms with Gasteiger partial charge in [-0.2, -0.15) is 18.6 Å². The van der Waals surface area contributed by atoms with Crippen LogP contribution in [0.4, 0.5) is 13.2 Å². The van der Waals surface area contributed by atoms with Crippen molar-refractivity contribution >= 4 is 10.9 Å². The third-order valence-corrected chi connectivity index (χ3v) is 4.53. The molecule has 0 radical (unpaired) electrons. The number of aromatic nitrogens is 3. The van der Waals surface area contributed by atoms with Crippen molar-refractivity contribution in [1.29, 1.82) is 0 Å². The van der Waals surface area contributed by atoms with E-state index in [1.54, 1.807) is 6.07 Å². The van der Waals surface area contributed by atoms with E-state index in [-0.39, 0.29) is 34.7 Å². The quantitative estimate of drug-likeness (QED) is 0.517. The molecule has 0 aliphatic carbocycles. The Kier molecular flexibility index (Phi) is 3.76. The molecule has 2 aromatic carbocycles. The molecule has 0 atom stereocenters. The van der Waals surface area contributed by atoms with Crippen LogP contribution in [-0.2, 0) is 0 Å². The van der Waals surface area contributed by atoms with Gasteiger partial charge < -0.3 is 9.47 Å². The van der Waals surface area contributed by atoms with Crippen molar-refractivity contribution in [3.63, 3.8) is 0 Å². The number of nitrogens with zero attached hydrogens (tertiary/aromatic N) is 3. The Balaban J connectivity index is 1.87. The molecule has 2 aliphatic heterocycles. The zero-order valence-electron chi connectivity index (χ0n) is 14.5. The second kappa shape index (κ2) is 6.33. The van der Waals surface area contributed by atoms with E-state index >= 15 is 0 Å². The molecule has 2 aliphatic rings. The van der Waals surface area contributed by atoms with Gasteiger partial charge in [0, 0.05) is 6.20 Å². The van der Waals surface area contributed by atoms with E-state index < -0.39 is 28.8 Å². The predicted octanol–water partition coefficient (Wildman–Crippen LogP) is 3.59. The smallest absolute Gasteiger partial charge is 0.280 e. The Morgan fingerprint density at radius 2 is 1.79 bits per heavy atom. The van der Waals surface area contributed by atoms with Gasteiger partial charge in [0.25, 0.3) is 5.56 Å². The van der Waals surface area contributed by atoms with Crippen molar-refractivity contribution in [3.8, 4) is 28.4 Å². The van der Waals surface area contributed by atoms with E-state index in [4.69, 9.17) is 9.47 Å². The summed E-state index contributed by atoms with van der Waals surface area (Å²) in [4.78, 5) is 17.1. The van der Waals surface area contributed by atoms with Crippen LogP contribution in [0.5, 0.6) is 11.5 Å². The largest absolute Gasteiger partial charge is 0.454 e. The molecular formula is C20H10F3N3O3. The number of halogens is 3. The molecule has 144 valence electrons. The van der Waals surface area contributed by atoms with Gasteiger partial charge in [0.1, 0.15) is 17.0 Å².